The molecule has 9 nitrogen and oxygen atoms in total. The first-order valence-electron chi connectivity index (χ1n) is 12.1. The number of aromatic hydroxyl groups is 1. The summed E-state index contributed by atoms with van der Waals surface area (Å²) in [5, 5.41) is 18.3. The maximum absolute atomic E-state index is 12.3. The molecule has 0 bridgehead atoms. The smallest absolute Gasteiger partial charge is 0.410 e. The number of para-hydroxylation sites is 1. The van der Waals surface area contributed by atoms with Gasteiger partial charge in [-0.05, 0) is 64.2 Å². The summed E-state index contributed by atoms with van der Waals surface area (Å²) in [5.41, 5.74) is 8.32. The van der Waals surface area contributed by atoms with E-state index in [1.54, 1.807) is 35.5 Å². The van der Waals surface area contributed by atoms with Crippen LogP contribution in [0.4, 0.5) is 10.6 Å². The molecule has 35 heavy (non-hydrogen) atoms. The Balaban J connectivity index is 0.00000167. The Kier molecular flexibility index (Phi) is 8.32. The van der Waals surface area contributed by atoms with Crippen LogP contribution in [-0.2, 0) is 11.2 Å². The van der Waals surface area contributed by atoms with E-state index in [1.807, 2.05) is 51.4 Å². The first-order chi connectivity index (χ1) is 16.7. The minimum Gasteiger partial charge on any atom is -0.507 e. The monoisotopic (exact) mass is 480 g/mol. The molecule has 1 aliphatic heterocycles. The number of phenols is 1. The van der Waals surface area contributed by atoms with Crippen molar-refractivity contribution in [1.29, 1.82) is 0 Å². The molecule has 2 aromatic heterocycles. The number of piperidine rings is 1. The van der Waals surface area contributed by atoms with Crippen LogP contribution in [0.3, 0.4) is 0 Å². The van der Waals surface area contributed by atoms with Gasteiger partial charge in [-0.25, -0.2) is 9.78 Å². The fourth-order valence-corrected chi connectivity index (χ4v) is 3.96. The van der Waals surface area contributed by atoms with Gasteiger partial charge in [0, 0.05) is 24.8 Å². The van der Waals surface area contributed by atoms with E-state index >= 15 is 0 Å². The van der Waals surface area contributed by atoms with Gasteiger partial charge in [-0.2, -0.15) is 0 Å². The average Bonchev–Trinajstić information content (AvgIpc) is 3.29. The van der Waals surface area contributed by atoms with Crippen molar-refractivity contribution in [1.82, 2.24) is 24.6 Å². The van der Waals surface area contributed by atoms with Crippen molar-refractivity contribution in [3.05, 3.63) is 48.5 Å². The maximum Gasteiger partial charge on any atom is 0.410 e. The highest BCUT2D eigenvalue weighted by Gasteiger charge is 2.27. The predicted octanol–water partition coefficient (Wildman–Crippen LogP) is 4.83. The lowest BCUT2D eigenvalue weighted by atomic mass is 9.92. The summed E-state index contributed by atoms with van der Waals surface area (Å²) in [6, 6.07) is 8.77. The predicted molar refractivity (Wildman–Crippen MR) is 136 cm³/mol. The van der Waals surface area contributed by atoms with Gasteiger partial charge in [-0.15, -0.1) is 10.2 Å². The van der Waals surface area contributed by atoms with Crippen molar-refractivity contribution >= 4 is 11.9 Å². The van der Waals surface area contributed by atoms with Crippen LogP contribution in [0.5, 0.6) is 5.75 Å². The Bertz CT molecular complexity index is 1130. The maximum atomic E-state index is 12.3. The third kappa shape index (κ3) is 6.71. The summed E-state index contributed by atoms with van der Waals surface area (Å²) in [5.74, 6) is 0.854. The molecule has 1 aromatic carbocycles. The van der Waals surface area contributed by atoms with Crippen LogP contribution in [0, 0.1) is 5.92 Å². The normalized spacial score (nSPS) is 14.3. The highest BCUT2D eigenvalue weighted by Crippen LogP contribution is 2.29. The number of imidazole rings is 1. The van der Waals surface area contributed by atoms with Crippen LogP contribution < -0.4 is 5.73 Å². The summed E-state index contributed by atoms with van der Waals surface area (Å²) in [6.45, 7) is 11.0. The summed E-state index contributed by atoms with van der Waals surface area (Å²) < 4.78 is 7.31. The van der Waals surface area contributed by atoms with Crippen LogP contribution in [0.15, 0.2) is 42.9 Å². The van der Waals surface area contributed by atoms with Gasteiger partial charge >= 0.3 is 6.09 Å². The lowest BCUT2D eigenvalue weighted by Crippen LogP contribution is -2.42. The van der Waals surface area contributed by atoms with Gasteiger partial charge in [-0.3, -0.25) is 0 Å². The first-order valence-corrected chi connectivity index (χ1v) is 12.1. The molecule has 188 valence electrons. The number of rotatable bonds is 4. The summed E-state index contributed by atoms with van der Waals surface area (Å²) in [7, 11) is 0. The second-order valence-corrected chi connectivity index (χ2v) is 9.40. The molecule has 0 unspecified atom stereocenters. The van der Waals surface area contributed by atoms with E-state index < -0.39 is 5.60 Å². The van der Waals surface area contributed by atoms with Crippen LogP contribution in [0.25, 0.3) is 16.9 Å². The Hall–Kier alpha value is -3.62. The SMILES string of the molecule is CC.CC(C)(C)OC(=O)N1CCC(Cc2cn(-c3cc(-c4ccccc4O)nnc3N)cn2)CC1. The highest BCUT2D eigenvalue weighted by molar-refractivity contribution is 5.70. The van der Waals surface area contributed by atoms with Crippen molar-refractivity contribution in [3.8, 4) is 22.7 Å². The molecule has 4 rings (SSSR count). The second-order valence-electron chi connectivity index (χ2n) is 9.40. The molecular formula is C26H36N6O3. The molecule has 9 heteroatoms. The molecule has 0 spiro atoms. The first kappa shape index (κ1) is 26.0. The summed E-state index contributed by atoms with van der Waals surface area (Å²) in [6.07, 6.45) is 6.05. The van der Waals surface area contributed by atoms with Gasteiger partial charge < -0.3 is 25.0 Å². The molecule has 0 atom stereocenters. The van der Waals surface area contributed by atoms with E-state index in [0.29, 0.717) is 36.0 Å². The summed E-state index contributed by atoms with van der Waals surface area (Å²) >= 11 is 0. The van der Waals surface area contributed by atoms with Crippen molar-refractivity contribution < 1.29 is 14.6 Å². The van der Waals surface area contributed by atoms with Crippen LogP contribution in [0.2, 0.25) is 0 Å². The van der Waals surface area contributed by atoms with Gasteiger partial charge in [0.1, 0.15) is 11.4 Å². The van der Waals surface area contributed by atoms with Gasteiger partial charge in [0.15, 0.2) is 5.82 Å². The lowest BCUT2D eigenvalue weighted by Gasteiger charge is -2.33. The number of carbonyl (C=O) groups is 1. The van der Waals surface area contributed by atoms with Crippen molar-refractivity contribution in [3.63, 3.8) is 0 Å². The fraction of sp³-hybridized carbons (Fsp3) is 0.462. The molecule has 0 aliphatic carbocycles. The van der Waals surface area contributed by atoms with E-state index in [0.717, 1.165) is 25.0 Å². The minimum atomic E-state index is -0.483. The second kappa shape index (κ2) is 11.2. The van der Waals surface area contributed by atoms with Crippen LogP contribution in [0.1, 0.15) is 53.2 Å². The topological polar surface area (TPSA) is 119 Å². The molecule has 3 aromatic rings. The third-order valence-electron chi connectivity index (χ3n) is 5.66. The number of anilines is 1. The van der Waals surface area contributed by atoms with Gasteiger partial charge in [0.25, 0.3) is 0 Å². The number of phenolic OH excluding ortho intramolecular Hbond substituents is 1. The number of aromatic nitrogens is 4. The van der Waals surface area contributed by atoms with Gasteiger partial charge in [0.05, 0.1) is 23.4 Å². The van der Waals surface area contributed by atoms with E-state index in [1.165, 1.54) is 0 Å². The standard InChI is InChI=1S/C24H30N6O3.C2H6/c1-24(2,3)33-23(32)29-10-8-16(9-11-29)12-17-14-30(15-26-17)20-13-19(27-28-22(20)25)18-6-4-5-7-21(18)31;1-2/h4-7,13-16,31H,8-12H2,1-3H3,(H2,25,28);1-2H3. The molecule has 0 radical (unpaired) electrons. The van der Waals surface area contributed by atoms with Crippen molar-refractivity contribution in [2.75, 3.05) is 18.8 Å². The Morgan fingerprint density at radius 1 is 1.17 bits per heavy atom. The quantitative estimate of drug-likeness (QED) is 0.549. The summed E-state index contributed by atoms with van der Waals surface area (Å²) in [4.78, 5) is 18.6. The number of nitrogens with two attached hydrogens (primary N) is 1. The average molecular weight is 481 g/mol. The third-order valence-corrected chi connectivity index (χ3v) is 5.66. The highest BCUT2D eigenvalue weighted by atomic mass is 16.6. The Morgan fingerprint density at radius 2 is 1.86 bits per heavy atom. The largest absolute Gasteiger partial charge is 0.507 e. The number of hydrogen-bond acceptors (Lipinski definition) is 7. The molecule has 0 saturated carbocycles. The van der Waals surface area contributed by atoms with Gasteiger partial charge in [-0.1, -0.05) is 26.0 Å². The van der Waals surface area contributed by atoms with E-state index in [2.05, 4.69) is 15.2 Å². The number of hydrogen-bond donors (Lipinski definition) is 2. The number of likely N-dealkylation sites (tertiary alicyclic amines) is 1. The van der Waals surface area contributed by atoms with E-state index in [4.69, 9.17) is 10.5 Å². The molecule has 3 heterocycles. The Morgan fingerprint density at radius 3 is 2.51 bits per heavy atom. The van der Waals surface area contributed by atoms with Crippen molar-refractivity contribution in [2.24, 2.45) is 5.92 Å². The van der Waals surface area contributed by atoms with Crippen LogP contribution >= 0.6 is 0 Å². The zero-order valence-electron chi connectivity index (χ0n) is 21.2. The minimum absolute atomic E-state index is 0.131. The zero-order valence-corrected chi connectivity index (χ0v) is 21.2. The van der Waals surface area contributed by atoms with Crippen LogP contribution in [-0.4, -0.2) is 54.5 Å². The molecular weight excluding hydrogens is 444 g/mol. The number of nitrogen functional groups attached to an aromatic ring is 1. The number of ether oxygens (including phenoxy) is 1. The van der Waals surface area contributed by atoms with Gasteiger partial charge in [0.2, 0.25) is 0 Å². The van der Waals surface area contributed by atoms with Crippen molar-refractivity contribution in [2.45, 2.75) is 59.5 Å². The molecule has 3 N–H and O–H groups in total. The molecule has 1 amide bonds. The van der Waals surface area contributed by atoms with E-state index in [-0.39, 0.29) is 17.7 Å². The number of nitrogens with zero attached hydrogens (tertiary/aromatic N) is 5. The fourth-order valence-electron chi connectivity index (χ4n) is 3.96. The Labute approximate surface area is 207 Å². The number of carbonyl (C=O) groups excluding carboxylic acids is 1. The molecule has 1 saturated heterocycles. The number of amides is 1. The number of benzene rings is 1. The molecule has 1 aliphatic rings. The molecule has 1 fully saturated rings. The van der Waals surface area contributed by atoms with E-state index in [9.17, 15) is 9.90 Å². The lowest BCUT2D eigenvalue weighted by molar-refractivity contribution is 0.0184. The zero-order chi connectivity index (χ0) is 25.6.